The second-order valence-corrected chi connectivity index (χ2v) is 4.46. The van der Waals surface area contributed by atoms with Gasteiger partial charge in [-0.2, -0.15) is 0 Å². The van der Waals surface area contributed by atoms with E-state index in [1.165, 1.54) is 0 Å². The number of halogens is 1. The number of hydrogen-bond donors (Lipinski definition) is 1. The van der Waals surface area contributed by atoms with Gasteiger partial charge < -0.3 is 15.0 Å². The smallest absolute Gasteiger partial charge is 0.236 e. The Morgan fingerprint density at radius 3 is 3.00 bits per heavy atom. The van der Waals surface area contributed by atoms with Crippen LogP contribution in [-0.2, 0) is 4.79 Å². The van der Waals surface area contributed by atoms with E-state index in [-0.39, 0.29) is 12.0 Å². The summed E-state index contributed by atoms with van der Waals surface area (Å²) >= 11 is 5.86. The lowest BCUT2D eigenvalue weighted by atomic mass is 10.1. The maximum Gasteiger partial charge on any atom is 0.236 e. The van der Waals surface area contributed by atoms with Gasteiger partial charge in [0, 0.05) is 5.02 Å². The van der Waals surface area contributed by atoms with Gasteiger partial charge in [-0.05, 0) is 25.2 Å². The Morgan fingerprint density at radius 2 is 2.35 bits per heavy atom. The average Bonchev–Trinajstić information content (AvgIpc) is 2.23. The number of carbonyl (C=O) groups excluding carboxylic acids is 1. The van der Waals surface area contributed by atoms with Crippen molar-refractivity contribution in [2.75, 3.05) is 26.7 Å². The number of benzene rings is 1. The zero-order valence-electron chi connectivity index (χ0n) is 9.65. The molecule has 2 rings (SSSR count). The highest BCUT2D eigenvalue weighted by molar-refractivity contribution is 6.30. The van der Waals surface area contributed by atoms with Crippen LogP contribution in [0.1, 0.15) is 0 Å². The van der Waals surface area contributed by atoms with E-state index in [2.05, 4.69) is 5.32 Å². The molecule has 0 saturated carbocycles. The molecule has 1 saturated heterocycles. The Labute approximate surface area is 106 Å². The van der Waals surface area contributed by atoms with Crippen molar-refractivity contribution in [1.82, 2.24) is 10.2 Å². The summed E-state index contributed by atoms with van der Waals surface area (Å²) in [6.45, 7) is 1.67. The molecule has 1 aromatic rings. The summed E-state index contributed by atoms with van der Waals surface area (Å²) in [6.07, 6.45) is 0.0780. The number of likely N-dealkylation sites (N-methyl/N-ethyl adjacent to an activating group) is 1. The Morgan fingerprint density at radius 1 is 1.59 bits per heavy atom. The molecule has 5 heteroatoms. The van der Waals surface area contributed by atoms with Gasteiger partial charge in [-0.15, -0.1) is 0 Å². The highest BCUT2D eigenvalue weighted by Crippen LogP contribution is 2.21. The first-order chi connectivity index (χ1) is 8.19. The van der Waals surface area contributed by atoms with E-state index >= 15 is 0 Å². The zero-order chi connectivity index (χ0) is 12.3. The molecule has 0 radical (unpaired) electrons. The predicted molar refractivity (Wildman–Crippen MR) is 66.4 cm³/mol. The Kier molecular flexibility index (Phi) is 3.86. The lowest BCUT2D eigenvalue weighted by Gasteiger charge is -2.39. The van der Waals surface area contributed by atoms with Gasteiger partial charge in [0.15, 0.2) is 0 Å². The fourth-order valence-corrected chi connectivity index (χ4v) is 1.89. The summed E-state index contributed by atoms with van der Waals surface area (Å²) in [5.74, 6) is 0.863. The third-order valence-electron chi connectivity index (χ3n) is 2.63. The number of rotatable bonds is 4. The number of amides is 1. The zero-order valence-corrected chi connectivity index (χ0v) is 10.4. The second-order valence-electron chi connectivity index (χ2n) is 4.03. The van der Waals surface area contributed by atoms with Gasteiger partial charge in [-0.25, -0.2) is 0 Å². The van der Waals surface area contributed by atoms with Crippen LogP contribution in [0.15, 0.2) is 24.3 Å². The van der Waals surface area contributed by atoms with E-state index in [4.69, 9.17) is 16.3 Å². The highest BCUT2D eigenvalue weighted by Gasteiger charge is 2.31. The van der Waals surface area contributed by atoms with Crippen LogP contribution < -0.4 is 10.1 Å². The summed E-state index contributed by atoms with van der Waals surface area (Å²) in [4.78, 5) is 13.2. The fraction of sp³-hybridized carbons (Fsp3) is 0.417. The van der Waals surface area contributed by atoms with E-state index in [1.54, 1.807) is 24.1 Å². The van der Waals surface area contributed by atoms with Crippen LogP contribution in [0.2, 0.25) is 5.02 Å². The SMILES string of the molecule is CNCC(=O)N1CC(Oc2cccc(Cl)c2)C1. The number of hydrogen-bond acceptors (Lipinski definition) is 3. The van der Waals surface area contributed by atoms with Crippen molar-refractivity contribution in [3.05, 3.63) is 29.3 Å². The first kappa shape index (κ1) is 12.2. The molecule has 1 aliphatic heterocycles. The lowest BCUT2D eigenvalue weighted by molar-refractivity contribution is -0.138. The van der Waals surface area contributed by atoms with Crippen LogP contribution >= 0.6 is 11.6 Å². The first-order valence-electron chi connectivity index (χ1n) is 5.53. The maximum absolute atomic E-state index is 11.5. The molecule has 0 spiro atoms. The summed E-state index contributed by atoms with van der Waals surface area (Å²) in [5, 5.41) is 3.50. The number of nitrogens with zero attached hydrogens (tertiary/aromatic N) is 1. The summed E-state index contributed by atoms with van der Waals surface area (Å²) < 4.78 is 5.69. The van der Waals surface area contributed by atoms with Gasteiger partial charge in [0.2, 0.25) is 5.91 Å². The van der Waals surface area contributed by atoms with E-state index in [0.717, 1.165) is 5.75 Å². The summed E-state index contributed by atoms with van der Waals surface area (Å²) in [6, 6.07) is 7.29. The minimum atomic E-state index is 0.0780. The summed E-state index contributed by atoms with van der Waals surface area (Å²) in [7, 11) is 1.76. The molecule has 4 nitrogen and oxygen atoms in total. The Bertz CT molecular complexity index is 405. The van der Waals surface area contributed by atoms with Gasteiger partial charge in [0.05, 0.1) is 19.6 Å². The monoisotopic (exact) mass is 254 g/mol. The molecule has 92 valence electrons. The number of carbonyl (C=O) groups is 1. The van der Waals surface area contributed by atoms with E-state index < -0.39 is 0 Å². The molecule has 0 aromatic heterocycles. The quantitative estimate of drug-likeness (QED) is 0.877. The first-order valence-corrected chi connectivity index (χ1v) is 5.91. The highest BCUT2D eigenvalue weighted by atomic mass is 35.5. The molecule has 0 atom stereocenters. The van der Waals surface area contributed by atoms with Crippen LogP contribution in [0, 0.1) is 0 Å². The largest absolute Gasteiger partial charge is 0.487 e. The van der Waals surface area contributed by atoms with Gasteiger partial charge in [-0.1, -0.05) is 17.7 Å². The molecule has 1 amide bonds. The van der Waals surface area contributed by atoms with Crippen molar-refractivity contribution in [2.45, 2.75) is 6.10 Å². The van der Waals surface area contributed by atoms with Crippen LogP contribution in [0.4, 0.5) is 0 Å². The van der Waals surface area contributed by atoms with E-state index in [0.29, 0.717) is 24.7 Å². The summed E-state index contributed by atoms with van der Waals surface area (Å²) in [5.41, 5.74) is 0. The normalized spacial score (nSPS) is 15.5. The second kappa shape index (κ2) is 5.38. The molecule has 1 aliphatic rings. The molecule has 0 aliphatic carbocycles. The van der Waals surface area contributed by atoms with Crippen molar-refractivity contribution in [3.63, 3.8) is 0 Å². The van der Waals surface area contributed by atoms with Crippen LogP contribution in [0.25, 0.3) is 0 Å². The topological polar surface area (TPSA) is 41.6 Å². The number of nitrogens with one attached hydrogen (secondary N) is 1. The van der Waals surface area contributed by atoms with Crippen molar-refractivity contribution >= 4 is 17.5 Å². The van der Waals surface area contributed by atoms with Gasteiger partial charge in [-0.3, -0.25) is 4.79 Å². The molecule has 17 heavy (non-hydrogen) atoms. The van der Waals surface area contributed by atoms with Crippen LogP contribution in [0.5, 0.6) is 5.75 Å². The minimum absolute atomic E-state index is 0.0780. The molecule has 0 unspecified atom stereocenters. The number of ether oxygens (including phenoxy) is 1. The fourth-order valence-electron chi connectivity index (χ4n) is 1.71. The van der Waals surface area contributed by atoms with Crippen LogP contribution in [0.3, 0.4) is 0 Å². The minimum Gasteiger partial charge on any atom is -0.487 e. The van der Waals surface area contributed by atoms with E-state index in [9.17, 15) is 4.79 Å². The standard InChI is InChI=1S/C12H15ClN2O2/c1-14-6-12(16)15-7-11(8-15)17-10-4-2-3-9(13)5-10/h2-5,11,14H,6-8H2,1H3. The van der Waals surface area contributed by atoms with Crippen molar-refractivity contribution in [1.29, 1.82) is 0 Å². The molecule has 1 fully saturated rings. The number of likely N-dealkylation sites (tertiary alicyclic amines) is 1. The molecule has 1 N–H and O–H groups in total. The molecular weight excluding hydrogens is 240 g/mol. The Balaban J connectivity index is 1.79. The lowest BCUT2D eigenvalue weighted by Crippen LogP contribution is -2.57. The van der Waals surface area contributed by atoms with Crippen molar-refractivity contribution in [2.24, 2.45) is 0 Å². The molecule has 1 aromatic carbocycles. The van der Waals surface area contributed by atoms with Crippen LogP contribution in [-0.4, -0.2) is 43.6 Å². The molecular formula is C12H15ClN2O2. The molecule has 0 bridgehead atoms. The average molecular weight is 255 g/mol. The van der Waals surface area contributed by atoms with Gasteiger partial charge in [0.25, 0.3) is 0 Å². The van der Waals surface area contributed by atoms with E-state index in [1.807, 2.05) is 12.1 Å². The Hall–Kier alpha value is -1.26. The van der Waals surface area contributed by atoms with Crippen molar-refractivity contribution < 1.29 is 9.53 Å². The molecule has 1 heterocycles. The maximum atomic E-state index is 11.5. The van der Waals surface area contributed by atoms with Gasteiger partial charge in [0.1, 0.15) is 11.9 Å². The van der Waals surface area contributed by atoms with Crippen molar-refractivity contribution in [3.8, 4) is 5.75 Å². The predicted octanol–water partition coefficient (Wildman–Crippen LogP) is 1.15. The third kappa shape index (κ3) is 3.11. The van der Waals surface area contributed by atoms with Gasteiger partial charge >= 0.3 is 0 Å². The third-order valence-corrected chi connectivity index (χ3v) is 2.86.